The van der Waals surface area contributed by atoms with Gasteiger partial charge in [0.1, 0.15) is 5.75 Å². The number of aliphatic hydroxyl groups is 2. The molecule has 1 aromatic carbocycles. The molecule has 0 atom stereocenters. The van der Waals surface area contributed by atoms with E-state index in [9.17, 15) is 0 Å². The molecule has 0 radical (unpaired) electrons. The molecule has 0 saturated carbocycles. The molecule has 4 nitrogen and oxygen atoms in total. The van der Waals surface area contributed by atoms with Gasteiger partial charge in [0.25, 0.3) is 0 Å². The minimum absolute atomic E-state index is 0.0773. The van der Waals surface area contributed by atoms with E-state index in [1.165, 1.54) is 5.56 Å². The van der Waals surface area contributed by atoms with Gasteiger partial charge < -0.3 is 20.3 Å². The summed E-state index contributed by atoms with van der Waals surface area (Å²) >= 11 is 0. The van der Waals surface area contributed by atoms with Crippen molar-refractivity contribution >= 4 is 0 Å². The van der Waals surface area contributed by atoms with Crippen LogP contribution in [0.25, 0.3) is 0 Å². The number of methoxy groups -OCH3 is 1. The van der Waals surface area contributed by atoms with E-state index in [1.807, 2.05) is 24.3 Å². The van der Waals surface area contributed by atoms with Crippen LogP contribution in [-0.4, -0.2) is 42.6 Å². The van der Waals surface area contributed by atoms with Crippen LogP contribution in [0.4, 0.5) is 0 Å². The zero-order chi connectivity index (χ0) is 12.7. The molecule has 0 bridgehead atoms. The van der Waals surface area contributed by atoms with Crippen LogP contribution in [0, 0.1) is 0 Å². The Kier molecular flexibility index (Phi) is 5.41. The maximum Gasteiger partial charge on any atom is 0.118 e. The van der Waals surface area contributed by atoms with Crippen molar-refractivity contribution in [3.63, 3.8) is 0 Å². The lowest BCUT2D eigenvalue weighted by Crippen LogP contribution is -2.49. The molecule has 0 fully saturated rings. The smallest absolute Gasteiger partial charge is 0.118 e. The topological polar surface area (TPSA) is 61.7 Å². The van der Waals surface area contributed by atoms with Gasteiger partial charge in [-0.05, 0) is 37.6 Å². The number of benzene rings is 1. The zero-order valence-electron chi connectivity index (χ0n) is 10.4. The zero-order valence-corrected chi connectivity index (χ0v) is 10.4. The SMILES string of the molecule is COc1ccc(CCNC(C)(CO)CO)cc1. The van der Waals surface area contributed by atoms with Gasteiger partial charge >= 0.3 is 0 Å². The number of hydrogen-bond acceptors (Lipinski definition) is 4. The summed E-state index contributed by atoms with van der Waals surface area (Å²) in [5, 5.41) is 21.4. The summed E-state index contributed by atoms with van der Waals surface area (Å²) in [5.74, 6) is 0.845. The summed E-state index contributed by atoms with van der Waals surface area (Å²) in [4.78, 5) is 0. The molecule has 0 aliphatic heterocycles. The highest BCUT2D eigenvalue weighted by Gasteiger charge is 2.20. The Bertz CT molecular complexity index is 320. The molecule has 0 heterocycles. The van der Waals surface area contributed by atoms with Crippen molar-refractivity contribution in [3.05, 3.63) is 29.8 Å². The summed E-state index contributed by atoms with van der Waals surface area (Å²) < 4.78 is 5.08. The van der Waals surface area contributed by atoms with E-state index < -0.39 is 5.54 Å². The first kappa shape index (κ1) is 14.0. The van der Waals surface area contributed by atoms with Gasteiger partial charge in [-0.1, -0.05) is 12.1 Å². The summed E-state index contributed by atoms with van der Waals surface area (Å²) in [5.41, 5.74) is 0.587. The third-order valence-corrected chi connectivity index (χ3v) is 2.82. The largest absolute Gasteiger partial charge is 0.497 e. The maximum atomic E-state index is 9.11. The second-order valence-electron chi connectivity index (χ2n) is 4.40. The molecule has 0 spiro atoms. The van der Waals surface area contributed by atoms with Crippen molar-refractivity contribution < 1.29 is 14.9 Å². The standard InChI is InChI=1S/C13H21NO3/c1-13(9-15,10-16)14-8-7-11-3-5-12(17-2)6-4-11/h3-6,14-16H,7-10H2,1-2H3. The number of aliphatic hydroxyl groups excluding tert-OH is 2. The normalized spacial score (nSPS) is 11.5. The molecule has 0 unspecified atom stereocenters. The van der Waals surface area contributed by atoms with Gasteiger partial charge in [-0.3, -0.25) is 0 Å². The first-order valence-corrected chi connectivity index (χ1v) is 5.73. The predicted octanol–water partition coefficient (Wildman–Crippen LogP) is 0.571. The molecule has 1 rings (SSSR count). The summed E-state index contributed by atoms with van der Waals surface area (Å²) in [6.45, 7) is 2.35. The van der Waals surface area contributed by atoms with Gasteiger partial charge in [0.05, 0.1) is 25.9 Å². The van der Waals surface area contributed by atoms with Crippen molar-refractivity contribution in [1.82, 2.24) is 5.32 Å². The van der Waals surface area contributed by atoms with Gasteiger partial charge in [-0.15, -0.1) is 0 Å². The fraction of sp³-hybridized carbons (Fsp3) is 0.538. The summed E-state index contributed by atoms with van der Waals surface area (Å²) in [6, 6.07) is 7.87. The molecule has 0 amide bonds. The van der Waals surface area contributed by atoms with Crippen molar-refractivity contribution in [2.75, 3.05) is 26.9 Å². The predicted molar refractivity (Wildman–Crippen MR) is 67.3 cm³/mol. The summed E-state index contributed by atoms with van der Waals surface area (Å²) in [7, 11) is 1.64. The molecular weight excluding hydrogens is 218 g/mol. The second-order valence-corrected chi connectivity index (χ2v) is 4.40. The van der Waals surface area contributed by atoms with Crippen molar-refractivity contribution in [1.29, 1.82) is 0 Å². The number of ether oxygens (including phenoxy) is 1. The van der Waals surface area contributed by atoms with Crippen LogP contribution in [0.1, 0.15) is 12.5 Å². The lowest BCUT2D eigenvalue weighted by atomic mass is 10.0. The average molecular weight is 239 g/mol. The highest BCUT2D eigenvalue weighted by Crippen LogP contribution is 2.11. The molecule has 96 valence electrons. The van der Waals surface area contributed by atoms with E-state index in [0.717, 1.165) is 12.2 Å². The van der Waals surface area contributed by atoms with Crippen LogP contribution in [0.15, 0.2) is 24.3 Å². The van der Waals surface area contributed by atoms with Gasteiger partial charge in [0.15, 0.2) is 0 Å². The van der Waals surface area contributed by atoms with Crippen LogP contribution < -0.4 is 10.1 Å². The van der Waals surface area contributed by atoms with Crippen molar-refractivity contribution in [2.24, 2.45) is 0 Å². The first-order chi connectivity index (χ1) is 8.13. The molecule has 0 saturated heterocycles. The van der Waals surface area contributed by atoms with E-state index in [2.05, 4.69) is 5.32 Å². The van der Waals surface area contributed by atoms with E-state index >= 15 is 0 Å². The van der Waals surface area contributed by atoms with Crippen LogP contribution >= 0.6 is 0 Å². The van der Waals surface area contributed by atoms with E-state index in [0.29, 0.717) is 6.54 Å². The molecule has 1 aromatic rings. The average Bonchev–Trinajstić information content (AvgIpc) is 2.39. The quantitative estimate of drug-likeness (QED) is 0.651. The van der Waals surface area contributed by atoms with Crippen LogP contribution in [-0.2, 0) is 6.42 Å². The van der Waals surface area contributed by atoms with Gasteiger partial charge in [0.2, 0.25) is 0 Å². The Labute approximate surface area is 102 Å². The monoisotopic (exact) mass is 239 g/mol. The fourth-order valence-electron chi connectivity index (χ4n) is 1.46. The number of hydrogen-bond donors (Lipinski definition) is 3. The third-order valence-electron chi connectivity index (χ3n) is 2.82. The Morgan fingerprint density at radius 3 is 2.24 bits per heavy atom. The molecule has 0 aliphatic carbocycles. The van der Waals surface area contributed by atoms with Gasteiger partial charge in [-0.25, -0.2) is 0 Å². The van der Waals surface area contributed by atoms with Crippen molar-refractivity contribution in [2.45, 2.75) is 18.9 Å². The number of nitrogens with one attached hydrogen (secondary N) is 1. The molecule has 0 aliphatic rings. The van der Waals surface area contributed by atoms with Crippen LogP contribution in [0.5, 0.6) is 5.75 Å². The highest BCUT2D eigenvalue weighted by atomic mass is 16.5. The first-order valence-electron chi connectivity index (χ1n) is 5.73. The lowest BCUT2D eigenvalue weighted by molar-refractivity contribution is 0.105. The molecule has 0 aromatic heterocycles. The molecule has 4 heteroatoms. The fourth-order valence-corrected chi connectivity index (χ4v) is 1.46. The van der Waals surface area contributed by atoms with E-state index in [4.69, 9.17) is 14.9 Å². The molecular formula is C13H21NO3. The minimum atomic E-state index is -0.605. The molecule has 3 N–H and O–H groups in total. The van der Waals surface area contributed by atoms with Crippen LogP contribution in [0.3, 0.4) is 0 Å². The maximum absolute atomic E-state index is 9.11. The Balaban J connectivity index is 2.40. The third kappa shape index (κ3) is 4.34. The molecule has 17 heavy (non-hydrogen) atoms. The van der Waals surface area contributed by atoms with Crippen LogP contribution in [0.2, 0.25) is 0 Å². The Hall–Kier alpha value is -1.10. The second kappa shape index (κ2) is 6.59. The van der Waals surface area contributed by atoms with E-state index in [-0.39, 0.29) is 13.2 Å². The lowest BCUT2D eigenvalue weighted by Gasteiger charge is -2.26. The van der Waals surface area contributed by atoms with Gasteiger partial charge in [-0.2, -0.15) is 0 Å². The Morgan fingerprint density at radius 1 is 1.18 bits per heavy atom. The minimum Gasteiger partial charge on any atom is -0.497 e. The highest BCUT2D eigenvalue weighted by molar-refractivity contribution is 5.27. The van der Waals surface area contributed by atoms with Gasteiger partial charge in [0, 0.05) is 0 Å². The number of rotatable bonds is 7. The van der Waals surface area contributed by atoms with E-state index in [1.54, 1.807) is 14.0 Å². The summed E-state index contributed by atoms with van der Waals surface area (Å²) in [6.07, 6.45) is 0.847. The Morgan fingerprint density at radius 2 is 1.76 bits per heavy atom. The van der Waals surface area contributed by atoms with Crippen molar-refractivity contribution in [3.8, 4) is 5.75 Å².